The standard InChI is InChI=1S/C16H24ClN/c17-11-5-1-2-6-12-18-13-7-10-15-8-3-4-9-16(15)14-18/h3-4,8-9H,1-2,5-7,10-14H2. The Labute approximate surface area is 116 Å². The lowest BCUT2D eigenvalue weighted by Gasteiger charge is -2.20. The molecule has 1 aromatic rings. The highest BCUT2D eigenvalue weighted by atomic mass is 35.5. The highest BCUT2D eigenvalue weighted by Crippen LogP contribution is 2.18. The summed E-state index contributed by atoms with van der Waals surface area (Å²) in [6.45, 7) is 3.65. The maximum Gasteiger partial charge on any atom is 0.0236 e. The van der Waals surface area contributed by atoms with E-state index in [1.54, 1.807) is 5.56 Å². The molecular formula is C16H24ClN. The summed E-state index contributed by atoms with van der Waals surface area (Å²) in [5, 5.41) is 0. The van der Waals surface area contributed by atoms with Crippen molar-refractivity contribution in [1.29, 1.82) is 0 Å². The summed E-state index contributed by atoms with van der Waals surface area (Å²) >= 11 is 5.70. The first kappa shape index (κ1) is 13.9. The average Bonchev–Trinajstić information content (AvgIpc) is 2.60. The van der Waals surface area contributed by atoms with Crippen molar-refractivity contribution in [1.82, 2.24) is 4.90 Å². The van der Waals surface area contributed by atoms with Crippen molar-refractivity contribution in [3.63, 3.8) is 0 Å². The van der Waals surface area contributed by atoms with Crippen molar-refractivity contribution in [2.75, 3.05) is 19.0 Å². The lowest BCUT2D eigenvalue weighted by atomic mass is 10.0. The maximum atomic E-state index is 5.70. The summed E-state index contributed by atoms with van der Waals surface area (Å²) in [4.78, 5) is 2.62. The van der Waals surface area contributed by atoms with Gasteiger partial charge in [-0.3, -0.25) is 4.90 Å². The second kappa shape index (κ2) is 7.81. The molecule has 0 fully saturated rings. The van der Waals surface area contributed by atoms with Gasteiger partial charge < -0.3 is 0 Å². The Balaban J connectivity index is 1.77. The number of hydrogen-bond acceptors (Lipinski definition) is 1. The Morgan fingerprint density at radius 3 is 2.61 bits per heavy atom. The van der Waals surface area contributed by atoms with Crippen molar-refractivity contribution in [2.24, 2.45) is 0 Å². The van der Waals surface area contributed by atoms with Gasteiger partial charge in [0.1, 0.15) is 0 Å². The van der Waals surface area contributed by atoms with Crippen LogP contribution in [0.3, 0.4) is 0 Å². The van der Waals surface area contributed by atoms with Gasteiger partial charge in [-0.1, -0.05) is 37.1 Å². The first-order valence-corrected chi connectivity index (χ1v) is 7.78. The van der Waals surface area contributed by atoms with E-state index < -0.39 is 0 Å². The fourth-order valence-electron chi connectivity index (χ4n) is 2.74. The Morgan fingerprint density at radius 2 is 1.78 bits per heavy atom. The predicted molar refractivity (Wildman–Crippen MR) is 79.2 cm³/mol. The molecule has 0 unspecified atom stereocenters. The molecule has 0 atom stereocenters. The van der Waals surface area contributed by atoms with Crippen LogP contribution in [0.15, 0.2) is 24.3 Å². The first-order valence-electron chi connectivity index (χ1n) is 7.25. The number of alkyl halides is 1. The largest absolute Gasteiger partial charge is 0.299 e. The molecule has 2 heteroatoms. The van der Waals surface area contributed by atoms with E-state index in [0.29, 0.717) is 0 Å². The number of fused-ring (bicyclic) bond motifs is 1. The van der Waals surface area contributed by atoms with Crippen LogP contribution in [0.1, 0.15) is 43.2 Å². The SMILES string of the molecule is ClCCCCCCN1CCCc2ccccc2C1. The summed E-state index contributed by atoms with van der Waals surface area (Å²) in [6, 6.07) is 8.92. The highest BCUT2D eigenvalue weighted by Gasteiger charge is 2.12. The predicted octanol–water partition coefficient (Wildman–Crippen LogP) is 4.23. The molecule has 1 nitrogen and oxygen atoms in total. The molecule has 0 radical (unpaired) electrons. The number of halogens is 1. The molecule has 0 amide bonds. The Kier molecular flexibility index (Phi) is 6.02. The van der Waals surface area contributed by atoms with Gasteiger partial charge in [0, 0.05) is 12.4 Å². The van der Waals surface area contributed by atoms with Crippen molar-refractivity contribution in [2.45, 2.75) is 45.1 Å². The molecule has 0 saturated carbocycles. The Bertz CT molecular complexity index is 351. The topological polar surface area (TPSA) is 3.24 Å². The third kappa shape index (κ3) is 4.29. The molecular weight excluding hydrogens is 242 g/mol. The maximum absolute atomic E-state index is 5.70. The Hall–Kier alpha value is -0.530. The zero-order valence-electron chi connectivity index (χ0n) is 11.2. The normalized spacial score (nSPS) is 16.3. The van der Waals surface area contributed by atoms with Crippen molar-refractivity contribution < 1.29 is 0 Å². The Morgan fingerprint density at radius 1 is 1.00 bits per heavy atom. The van der Waals surface area contributed by atoms with E-state index in [2.05, 4.69) is 29.2 Å². The third-order valence-electron chi connectivity index (χ3n) is 3.79. The number of nitrogens with zero attached hydrogens (tertiary/aromatic N) is 1. The lowest BCUT2D eigenvalue weighted by Crippen LogP contribution is -2.24. The summed E-state index contributed by atoms with van der Waals surface area (Å²) in [7, 11) is 0. The van der Waals surface area contributed by atoms with Crippen molar-refractivity contribution in [3.05, 3.63) is 35.4 Å². The van der Waals surface area contributed by atoms with Gasteiger partial charge in [0.05, 0.1) is 0 Å². The molecule has 1 aliphatic heterocycles. The van der Waals surface area contributed by atoms with Crippen LogP contribution in [0.4, 0.5) is 0 Å². The van der Waals surface area contributed by atoms with Gasteiger partial charge in [0.2, 0.25) is 0 Å². The number of benzene rings is 1. The quantitative estimate of drug-likeness (QED) is 0.550. The van der Waals surface area contributed by atoms with E-state index in [4.69, 9.17) is 11.6 Å². The number of unbranched alkanes of at least 4 members (excludes halogenated alkanes) is 3. The first-order chi connectivity index (χ1) is 8.90. The van der Waals surface area contributed by atoms with Gasteiger partial charge in [0.25, 0.3) is 0 Å². The molecule has 0 spiro atoms. The van der Waals surface area contributed by atoms with Crippen LogP contribution in [0.5, 0.6) is 0 Å². The van der Waals surface area contributed by atoms with E-state index in [1.807, 2.05) is 0 Å². The average molecular weight is 266 g/mol. The molecule has 1 aliphatic rings. The van der Waals surface area contributed by atoms with Crippen molar-refractivity contribution >= 4 is 11.6 Å². The van der Waals surface area contributed by atoms with Gasteiger partial charge in [0.15, 0.2) is 0 Å². The molecule has 1 heterocycles. The number of rotatable bonds is 6. The minimum atomic E-state index is 0.817. The summed E-state index contributed by atoms with van der Waals surface area (Å²) in [5.74, 6) is 0.817. The fourth-order valence-corrected chi connectivity index (χ4v) is 2.93. The summed E-state index contributed by atoms with van der Waals surface area (Å²) in [5.41, 5.74) is 3.10. The van der Waals surface area contributed by atoms with E-state index in [0.717, 1.165) is 12.4 Å². The number of hydrogen-bond donors (Lipinski definition) is 0. The third-order valence-corrected chi connectivity index (χ3v) is 4.06. The minimum absolute atomic E-state index is 0.817. The molecule has 0 saturated heterocycles. The van der Waals surface area contributed by atoms with Crippen LogP contribution >= 0.6 is 11.6 Å². The van der Waals surface area contributed by atoms with Gasteiger partial charge >= 0.3 is 0 Å². The highest BCUT2D eigenvalue weighted by molar-refractivity contribution is 6.17. The second-order valence-electron chi connectivity index (χ2n) is 5.25. The smallest absolute Gasteiger partial charge is 0.0236 e. The van der Waals surface area contributed by atoms with Gasteiger partial charge in [-0.05, 0) is 49.9 Å². The molecule has 0 aromatic heterocycles. The van der Waals surface area contributed by atoms with Crippen LogP contribution in [-0.2, 0) is 13.0 Å². The van der Waals surface area contributed by atoms with Gasteiger partial charge in [-0.2, -0.15) is 0 Å². The van der Waals surface area contributed by atoms with Crippen LogP contribution in [-0.4, -0.2) is 23.9 Å². The lowest BCUT2D eigenvalue weighted by molar-refractivity contribution is 0.263. The van der Waals surface area contributed by atoms with E-state index >= 15 is 0 Å². The molecule has 0 aliphatic carbocycles. The van der Waals surface area contributed by atoms with E-state index in [1.165, 1.54) is 57.2 Å². The number of aryl methyl sites for hydroxylation is 1. The molecule has 1 aromatic carbocycles. The van der Waals surface area contributed by atoms with E-state index in [-0.39, 0.29) is 0 Å². The second-order valence-corrected chi connectivity index (χ2v) is 5.63. The molecule has 100 valence electrons. The minimum Gasteiger partial charge on any atom is -0.299 e. The zero-order chi connectivity index (χ0) is 12.6. The van der Waals surface area contributed by atoms with Crippen LogP contribution in [0, 0.1) is 0 Å². The van der Waals surface area contributed by atoms with Gasteiger partial charge in [-0.15, -0.1) is 11.6 Å². The van der Waals surface area contributed by atoms with Crippen LogP contribution < -0.4 is 0 Å². The fraction of sp³-hybridized carbons (Fsp3) is 0.625. The van der Waals surface area contributed by atoms with Gasteiger partial charge in [-0.25, -0.2) is 0 Å². The molecule has 18 heavy (non-hydrogen) atoms. The summed E-state index contributed by atoms with van der Waals surface area (Å²) < 4.78 is 0. The summed E-state index contributed by atoms with van der Waals surface area (Å²) in [6.07, 6.45) is 7.65. The molecule has 0 N–H and O–H groups in total. The molecule has 0 bridgehead atoms. The van der Waals surface area contributed by atoms with E-state index in [9.17, 15) is 0 Å². The molecule has 2 rings (SSSR count). The zero-order valence-corrected chi connectivity index (χ0v) is 12.0. The van der Waals surface area contributed by atoms with Crippen molar-refractivity contribution in [3.8, 4) is 0 Å². The van der Waals surface area contributed by atoms with Crippen LogP contribution in [0.2, 0.25) is 0 Å². The monoisotopic (exact) mass is 265 g/mol. The van der Waals surface area contributed by atoms with Crippen LogP contribution in [0.25, 0.3) is 0 Å².